The van der Waals surface area contributed by atoms with Gasteiger partial charge in [0.25, 0.3) is 0 Å². The first kappa shape index (κ1) is 11.5. The van der Waals surface area contributed by atoms with Gasteiger partial charge in [0.2, 0.25) is 0 Å². The third-order valence-corrected chi connectivity index (χ3v) is 2.68. The summed E-state index contributed by atoms with van der Waals surface area (Å²) in [5, 5.41) is 12.1. The van der Waals surface area contributed by atoms with E-state index in [2.05, 4.69) is 27.3 Å². The number of nitriles is 1. The fourth-order valence-electron chi connectivity index (χ4n) is 1.46. The number of anilines is 3. The lowest BCUT2D eigenvalue weighted by Gasteiger charge is -2.07. The maximum absolute atomic E-state index is 8.87. The summed E-state index contributed by atoms with van der Waals surface area (Å²) in [6.45, 7) is 0. The summed E-state index contributed by atoms with van der Waals surface area (Å²) in [7, 11) is 0. The molecule has 0 fully saturated rings. The van der Waals surface area contributed by atoms with Crippen molar-refractivity contribution in [1.82, 2.24) is 0 Å². The van der Waals surface area contributed by atoms with Gasteiger partial charge in [-0.2, -0.15) is 5.26 Å². The van der Waals surface area contributed by atoms with Crippen molar-refractivity contribution in [3.63, 3.8) is 0 Å². The van der Waals surface area contributed by atoms with Crippen molar-refractivity contribution in [2.45, 2.75) is 0 Å². The van der Waals surface area contributed by atoms with Gasteiger partial charge in [-0.1, -0.05) is 15.9 Å². The van der Waals surface area contributed by atoms with Crippen LogP contribution >= 0.6 is 15.9 Å². The van der Waals surface area contributed by atoms with Gasteiger partial charge in [-0.15, -0.1) is 0 Å². The lowest BCUT2D eigenvalue weighted by molar-refractivity contribution is 1.46. The molecule has 0 atom stereocenters. The summed E-state index contributed by atoms with van der Waals surface area (Å²) in [4.78, 5) is 0. The van der Waals surface area contributed by atoms with E-state index in [1.807, 2.05) is 30.3 Å². The molecule has 0 saturated carbocycles. The molecule has 17 heavy (non-hydrogen) atoms. The summed E-state index contributed by atoms with van der Waals surface area (Å²) >= 11 is 3.37. The van der Waals surface area contributed by atoms with E-state index in [9.17, 15) is 0 Å². The predicted octanol–water partition coefficient (Wildman–Crippen LogP) is 3.65. The standard InChI is InChI=1S/C13H10BrN3/c14-10-5-9(8-15)6-13(7-10)17-12-3-1-11(16)2-4-12/h1-7,17H,16H2. The molecule has 0 saturated heterocycles. The van der Waals surface area contributed by atoms with E-state index in [4.69, 9.17) is 11.0 Å². The number of rotatable bonds is 2. The van der Waals surface area contributed by atoms with Crippen LogP contribution in [-0.4, -0.2) is 0 Å². The van der Waals surface area contributed by atoms with Crippen LogP contribution in [0.2, 0.25) is 0 Å². The molecule has 0 aromatic heterocycles. The number of nitrogen functional groups attached to an aromatic ring is 1. The Balaban J connectivity index is 2.27. The molecule has 84 valence electrons. The highest BCUT2D eigenvalue weighted by Crippen LogP contribution is 2.23. The van der Waals surface area contributed by atoms with Gasteiger partial charge in [-0.3, -0.25) is 0 Å². The van der Waals surface area contributed by atoms with Crippen LogP contribution in [0.25, 0.3) is 0 Å². The Labute approximate surface area is 108 Å². The molecule has 0 aliphatic heterocycles. The monoisotopic (exact) mass is 287 g/mol. The number of nitrogens with two attached hydrogens (primary N) is 1. The number of hydrogen-bond acceptors (Lipinski definition) is 3. The summed E-state index contributed by atoms with van der Waals surface area (Å²) in [5.74, 6) is 0. The van der Waals surface area contributed by atoms with Crippen molar-refractivity contribution < 1.29 is 0 Å². The first-order valence-electron chi connectivity index (χ1n) is 5.00. The molecule has 3 N–H and O–H groups in total. The van der Waals surface area contributed by atoms with Crippen LogP contribution in [0, 0.1) is 11.3 Å². The van der Waals surface area contributed by atoms with E-state index in [1.165, 1.54) is 0 Å². The SMILES string of the molecule is N#Cc1cc(Br)cc(Nc2ccc(N)cc2)c1. The van der Waals surface area contributed by atoms with Gasteiger partial charge in [0.1, 0.15) is 0 Å². The van der Waals surface area contributed by atoms with Gasteiger partial charge in [-0.25, -0.2) is 0 Å². The molecule has 3 nitrogen and oxygen atoms in total. The van der Waals surface area contributed by atoms with Crippen LogP contribution in [0.4, 0.5) is 17.1 Å². The molecule has 0 bridgehead atoms. The third-order valence-electron chi connectivity index (χ3n) is 2.23. The van der Waals surface area contributed by atoms with Crippen LogP contribution < -0.4 is 11.1 Å². The van der Waals surface area contributed by atoms with Gasteiger partial charge in [0.05, 0.1) is 11.6 Å². The van der Waals surface area contributed by atoms with Crippen LogP contribution in [0.15, 0.2) is 46.9 Å². The number of benzene rings is 2. The van der Waals surface area contributed by atoms with Gasteiger partial charge >= 0.3 is 0 Å². The minimum atomic E-state index is 0.609. The number of hydrogen-bond donors (Lipinski definition) is 2. The summed E-state index contributed by atoms with van der Waals surface area (Å²) in [6, 6.07) is 15.0. The molecule has 0 heterocycles. The molecule has 2 aromatic carbocycles. The largest absolute Gasteiger partial charge is 0.399 e. The molecule has 0 aliphatic carbocycles. The minimum absolute atomic E-state index is 0.609. The first-order valence-corrected chi connectivity index (χ1v) is 5.80. The van der Waals surface area contributed by atoms with E-state index in [-0.39, 0.29) is 0 Å². The Kier molecular flexibility index (Phi) is 3.31. The average Bonchev–Trinajstić information content (AvgIpc) is 2.31. The fourth-order valence-corrected chi connectivity index (χ4v) is 1.95. The van der Waals surface area contributed by atoms with Crippen molar-refractivity contribution in [2.24, 2.45) is 0 Å². The van der Waals surface area contributed by atoms with Crippen LogP contribution in [0.3, 0.4) is 0 Å². The van der Waals surface area contributed by atoms with Crippen molar-refractivity contribution in [3.8, 4) is 6.07 Å². The highest BCUT2D eigenvalue weighted by molar-refractivity contribution is 9.10. The second-order valence-corrected chi connectivity index (χ2v) is 4.50. The Morgan fingerprint density at radius 1 is 1.06 bits per heavy atom. The summed E-state index contributed by atoms with van der Waals surface area (Å²) in [5.41, 5.74) is 8.74. The Morgan fingerprint density at radius 2 is 1.76 bits per heavy atom. The van der Waals surface area contributed by atoms with E-state index >= 15 is 0 Å². The number of nitrogens with zero attached hydrogens (tertiary/aromatic N) is 1. The highest BCUT2D eigenvalue weighted by Gasteiger charge is 1.99. The van der Waals surface area contributed by atoms with Crippen LogP contribution in [-0.2, 0) is 0 Å². The van der Waals surface area contributed by atoms with E-state index in [1.54, 1.807) is 12.1 Å². The Hall–Kier alpha value is -1.99. The van der Waals surface area contributed by atoms with Crippen molar-refractivity contribution in [3.05, 3.63) is 52.5 Å². The molecule has 4 heteroatoms. The van der Waals surface area contributed by atoms with E-state index in [0.717, 1.165) is 21.5 Å². The Bertz CT molecular complexity index is 570. The zero-order valence-electron chi connectivity index (χ0n) is 8.94. The van der Waals surface area contributed by atoms with Crippen LogP contribution in [0.5, 0.6) is 0 Å². The van der Waals surface area contributed by atoms with Crippen molar-refractivity contribution in [1.29, 1.82) is 5.26 Å². The molecular weight excluding hydrogens is 278 g/mol. The molecule has 2 aromatic rings. The minimum Gasteiger partial charge on any atom is -0.399 e. The number of nitrogens with one attached hydrogen (secondary N) is 1. The van der Waals surface area contributed by atoms with Crippen LogP contribution in [0.1, 0.15) is 5.56 Å². The second-order valence-electron chi connectivity index (χ2n) is 3.59. The molecule has 0 spiro atoms. The third kappa shape index (κ3) is 2.99. The van der Waals surface area contributed by atoms with E-state index in [0.29, 0.717) is 5.56 Å². The van der Waals surface area contributed by atoms with Gasteiger partial charge in [0.15, 0.2) is 0 Å². The molecule has 0 unspecified atom stereocenters. The summed E-state index contributed by atoms with van der Waals surface area (Å²) < 4.78 is 0.870. The molecule has 0 aliphatic rings. The summed E-state index contributed by atoms with van der Waals surface area (Å²) in [6.07, 6.45) is 0. The first-order chi connectivity index (χ1) is 8.17. The van der Waals surface area contributed by atoms with Crippen molar-refractivity contribution in [2.75, 3.05) is 11.1 Å². The normalized spacial score (nSPS) is 9.65. The van der Waals surface area contributed by atoms with Gasteiger partial charge in [-0.05, 0) is 42.5 Å². The molecular formula is C13H10BrN3. The molecule has 0 amide bonds. The van der Waals surface area contributed by atoms with E-state index < -0.39 is 0 Å². The molecule has 0 radical (unpaired) electrons. The second kappa shape index (κ2) is 4.89. The van der Waals surface area contributed by atoms with Gasteiger partial charge < -0.3 is 11.1 Å². The zero-order chi connectivity index (χ0) is 12.3. The zero-order valence-corrected chi connectivity index (χ0v) is 10.5. The fraction of sp³-hybridized carbons (Fsp3) is 0. The maximum Gasteiger partial charge on any atom is 0.0992 e. The highest BCUT2D eigenvalue weighted by atomic mass is 79.9. The number of halogens is 1. The maximum atomic E-state index is 8.87. The molecule has 2 rings (SSSR count). The average molecular weight is 288 g/mol. The lowest BCUT2D eigenvalue weighted by atomic mass is 10.2. The smallest absolute Gasteiger partial charge is 0.0992 e. The Morgan fingerprint density at radius 3 is 2.41 bits per heavy atom. The van der Waals surface area contributed by atoms with Crippen molar-refractivity contribution >= 4 is 33.0 Å². The van der Waals surface area contributed by atoms with Gasteiger partial charge in [0, 0.05) is 21.5 Å². The predicted molar refractivity (Wildman–Crippen MR) is 73.0 cm³/mol. The lowest BCUT2D eigenvalue weighted by Crippen LogP contribution is -1.92. The topological polar surface area (TPSA) is 61.8 Å². The quantitative estimate of drug-likeness (QED) is 0.829.